The number of hydrogen-bond donors (Lipinski definition) is 0. The molecule has 0 atom stereocenters. The summed E-state index contributed by atoms with van der Waals surface area (Å²) in [4.78, 5) is 8.63. The van der Waals surface area contributed by atoms with E-state index in [0.717, 1.165) is 33.3 Å². The maximum Gasteiger partial charge on any atom is 0.493 e. The maximum absolute atomic E-state index is 5.72. The molecule has 0 fully saturated rings. The predicted octanol–water partition coefficient (Wildman–Crippen LogP) is 6.20. The van der Waals surface area contributed by atoms with Gasteiger partial charge in [0.1, 0.15) is 5.69 Å². The summed E-state index contributed by atoms with van der Waals surface area (Å²) in [5.41, 5.74) is 8.04. The molecule has 2 aromatic carbocycles. The summed E-state index contributed by atoms with van der Waals surface area (Å²) in [6.45, 7) is 6.24. The Morgan fingerprint density at radius 3 is 2.51 bits per heavy atom. The van der Waals surface area contributed by atoms with Crippen molar-refractivity contribution in [2.75, 3.05) is 7.05 Å². The first-order valence-corrected chi connectivity index (χ1v) is 11.1. The van der Waals surface area contributed by atoms with Gasteiger partial charge in [0.15, 0.2) is 7.05 Å². The number of fused-ring (bicyclic) bond motifs is 3. The van der Waals surface area contributed by atoms with Crippen LogP contribution < -0.4 is 0 Å². The zero-order valence-electron chi connectivity index (χ0n) is 20.0. The van der Waals surface area contributed by atoms with Gasteiger partial charge >= 0.3 is 6.01 Å². The van der Waals surface area contributed by atoms with E-state index >= 15 is 0 Å². The van der Waals surface area contributed by atoms with Crippen LogP contribution in [-0.4, -0.2) is 32.2 Å². The number of benzene rings is 2. The summed E-state index contributed by atoms with van der Waals surface area (Å²) in [5.74, 6) is 0. The Morgan fingerprint density at radius 2 is 1.80 bits per heavy atom. The number of furan rings is 1. The van der Waals surface area contributed by atoms with E-state index in [1.807, 2.05) is 65.1 Å². The predicted molar refractivity (Wildman–Crippen MR) is 133 cm³/mol. The molecule has 3 aromatic heterocycles. The molecular formula is C29H24IrN4O. The van der Waals surface area contributed by atoms with Crippen molar-refractivity contribution in [2.45, 2.75) is 20.8 Å². The van der Waals surface area contributed by atoms with Crippen molar-refractivity contribution in [3.8, 4) is 11.3 Å². The molecule has 0 bridgehead atoms. The van der Waals surface area contributed by atoms with Crippen LogP contribution in [0.1, 0.15) is 16.7 Å². The van der Waals surface area contributed by atoms with Gasteiger partial charge in [-0.3, -0.25) is 0 Å². The first-order valence-electron chi connectivity index (χ1n) is 11.1. The first kappa shape index (κ1) is 24.4. The van der Waals surface area contributed by atoms with Crippen LogP contribution in [0.25, 0.3) is 33.3 Å². The summed E-state index contributed by atoms with van der Waals surface area (Å²) < 4.78 is 9.46. The quantitative estimate of drug-likeness (QED) is 0.171. The Balaban J connectivity index is 0.000000165. The van der Waals surface area contributed by atoms with E-state index < -0.39 is 0 Å². The molecule has 5 aromatic rings. The molecule has 0 unspecified atom stereocenters. The van der Waals surface area contributed by atoms with E-state index in [-0.39, 0.29) is 20.1 Å². The first-order chi connectivity index (χ1) is 16.5. The monoisotopic (exact) mass is 637 g/mol. The van der Waals surface area contributed by atoms with Crippen LogP contribution in [0.4, 0.5) is 5.69 Å². The largest absolute Gasteiger partial charge is 0.493 e. The molecular weight excluding hydrogens is 613 g/mol. The normalized spacial score (nSPS) is 12.1. The molecule has 0 saturated heterocycles. The number of nitrogens with zero attached hydrogens (tertiary/aromatic N) is 4. The fourth-order valence-corrected chi connectivity index (χ4v) is 3.64. The fraction of sp³-hybridized carbons (Fsp3) is 0.138. The van der Waals surface area contributed by atoms with E-state index in [0.29, 0.717) is 5.71 Å². The molecule has 0 aliphatic carbocycles. The Labute approximate surface area is 218 Å². The number of pyridine rings is 2. The zero-order chi connectivity index (χ0) is 23.7. The van der Waals surface area contributed by atoms with Crippen molar-refractivity contribution in [1.29, 1.82) is 0 Å². The van der Waals surface area contributed by atoms with Crippen molar-refractivity contribution >= 4 is 33.8 Å². The van der Waals surface area contributed by atoms with Crippen LogP contribution in [0.5, 0.6) is 0 Å². The summed E-state index contributed by atoms with van der Waals surface area (Å²) in [6, 6.07) is 25.8. The average molecular weight is 637 g/mol. The van der Waals surface area contributed by atoms with Gasteiger partial charge in [0, 0.05) is 38.1 Å². The van der Waals surface area contributed by atoms with E-state index in [4.69, 9.17) is 4.42 Å². The van der Waals surface area contributed by atoms with Crippen molar-refractivity contribution < 1.29 is 33.7 Å². The number of hydrogen-bond acceptors (Lipinski definition) is 3. The summed E-state index contributed by atoms with van der Waals surface area (Å²) in [7, 11) is 1.93. The van der Waals surface area contributed by atoms with Gasteiger partial charge in [-0.25, -0.2) is 4.98 Å². The summed E-state index contributed by atoms with van der Waals surface area (Å²) >= 11 is 0. The van der Waals surface area contributed by atoms with Crippen LogP contribution in [0, 0.1) is 32.9 Å². The van der Waals surface area contributed by atoms with Crippen molar-refractivity contribution in [3.63, 3.8) is 0 Å². The molecule has 5 nitrogen and oxygen atoms in total. The molecule has 6 rings (SSSR count). The molecule has 35 heavy (non-hydrogen) atoms. The average Bonchev–Trinajstić information content (AvgIpc) is 3.45. The van der Waals surface area contributed by atoms with Gasteiger partial charge in [-0.05, 0) is 36.6 Å². The van der Waals surface area contributed by atoms with Gasteiger partial charge in [-0.1, -0.05) is 51.3 Å². The summed E-state index contributed by atoms with van der Waals surface area (Å²) in [5, 5.41) is 2.05. The number of aryl methyl sites for hydroxylation is 3. The second kappa shape index (κ2) is 10.3. The molecule has 0 N–H and O–H groups in total. The SMILES string of the molecule is C[N+]1=C=[N+](c2[c-]c3oc4ncccc4c3cc2)C=C1.Cc1c[c-]c(-c2cc(C)c(C)cn2)cc1.[Ir]. The van der Waals surface area contributed by atoms with Crippen molar-refractivity contribution in [3.05, 3.63) is 102 Å². The van der Waals surface area contributed by atoms with Gasteiger partial charge < -0.3 is 9.40 Å². The minimum atomic E-state index is 0. The Bertz CT molecular complexity index is 1620. The molecule has 0 spiro atoms. The zero-order valence-corrected chi connectivity index (χ0v) is 22.4. The van der Waals surface area contributed by atoms with Crippen LogP contribution in [0.2, 0.25) is 0 Å². The molecule has 1 radical (unpaired) electrons. The van der Waals surface area contributed by atoms with Gasteiger partial charge in [0.25, 0.3) is 6.20 Å². The van der Waals surface area contributed by atoms with E-state index in [1.165, 1.54) is 16.7 Å². The third-order valence-corrected chi connectivity index (χ3v) is 5.74. The molecule has 175 valence electrons. The van der Waals surface area contributed by atoms with Crippen molar-refractivity contribution in [2.24, 2.45) is 0 Å². The van der Waals surface area contributed by atoms with Gasteiger partial charge in [-0.15, -0.1) is 35.4 Å². The third kappa shape index (κ3) is 5.21. The van der Waals surface area contributed by atoms with E-state index in [1.54, 1.807) is 6.20 Å². The summed E-state index contributed by atoms with van der Waals surface area (Å²) in [6.07, 6.45) is 7.50. The van der Waals surface area contributed by atoms with Crippen LogP contribution in [0.3, 0.4) is 0 Å². The van der Waals surface area contributed by atoms with Gasteiger partial charge in [0.05, 0.1) is 0 Å². The van der Waals surface area contributed by atoms with Crippen LogP contribution in [-0.2, 0) is 20.1 Å². The van der Waals surface area contributed by atoms with Crippen LogP contribution in [0.15, 0.2) is 77.7 Å². The van der Waals surface area contributed by atoms with Gasteiger partial charge in [0.2, 0.25) is 11.9 Å². The number of aromatic nitrogens is 2. The Kier molecular flexibility index (Phi) is 7.18. The topological polar surface area (TPSA) is 44.9 Å². The number of rotatable bonds is 2. The van der Waals surface area contributed by atoms with Crippen molar-refractivity contribution in [1.82, 2.24) is 9.97 Å². The Morgan fingerprint density at radius 1 is 0.943 bits per heavy atom. The smallest absolute Gasteiger partial charge is 0.465 e. The van der Waals surface area contributed by atoms with E-state index in [2.05, 4.69) is 67.1 Å². The van der Waals surface area contributed by atoms with Crippen LogP contribution >= 0.6 is 0 Å². The minimum Gasteiger partial charge on any atom is -0.465 e. The second-order valence-corrected chi connectivity index (χ2v) is 8.36. The molecule has 4 heterocycles. The molecule has 0 saturated carbocycles. The second-order valence-electron chi connectivity index (χ2n) is 8.36. The molecule has 0 amide bonds. The fourth-order valence-electron chi connectivity index (χ4n) is 3.64. The maximum atomic E-state index is 5.72. The molecule has 6 heteroatoms. The third-order valence-electron chi connectivity index (χ3n) is 5.74. The standard InChI is InChI=1S/C15H10N3O.C14H14N.Ir/c1-17-7-8-18(10-17)11-4-5-12-13-3-2-6-16-15(13)19-14(12)9-11;1-10-4-6-13(7-5-10)14-8-11(2)12(3)9-15-14;/h2-8H,1H3;4-6,8-9H,1-3H3;/q+1;-1;. The molecule has 1 aliphatic rings. The minimum absolute atomic E-state index is 0. The molecule has 1 aliphatic heterocycles. The van der Waals surface area contributed by atoms with Gasteiger partial charge in [-0.2, -0.15) is 6.07 Å². The van der Waals surface area contributed by atoms with E-state index in [9.17, 15) is 0 Å². The Hall–Kier alpha value is -3.69.